The van der Waals surface area contributed by atoms with Gasteiger partial charge in [0.05, 0.1) is 6.21 Å². The third-order valence-electron chi connectivity index (χ3n) is 2.07. The lowest BCUT2D eigenvalue weighted by Crippen LogP contribution is -2.12. The number of aromatic amines is 1. The zero-order chi connectivity index (χ0) is 14.0. The fourth-order valence-corrected chi connectivity index (χ4v) is 1.67. The van der Waals surface area contributed by atoms with Crippen molar-refractivity contribution in [1.82, 2.24) is 14.9 Å². The molecule has 1 heterocycles. The number of hydrogen-bond donors (Lipinski definition) is 1. The smallest absolute Gasteiger partial charge is 0.250 e. The molecule has 0 spiro atoms. The van der Waals surface area contributed by atoms with Gasteiger partial charge in [-0.2, -0.15) is 22.9 Å². The van der Waals surface area contributed by atoms with Gasteiger partial charge in [0.15, 0.2) is 0 Å². The molecule has 0 aliphatic carbocycles. The third kappa shape index (κ3) is 3.21. The van der Waals surface area contributed by atoms with Crippen LogP contribution in [0.4, 0.5) is 13.2 Å². The molecule has 0 fully saturated rings. The summed E-state index contributed by atoms with van der Waals surface area (Å²) in [5, 5.41) is 9.26. The molecule has 0 saturated heterocycles. The molecule has 1 aromatic heterocycles. The normalized spacial score (nSPS) is 12.2. The molecule has 9 heteroatoms. The summed E-state index contributed by atoms with van der Waals surface area (Å²) in [6.45, 7) is 0. The lowest BCUT2D eigenvalue weighted by molar-refractivity contribution is -0.147. The molecule has 1 N–H and O–H groups in total. The summed E-state index contributed by atoms with van der Waals surface area (Å²) in [4.78, 5) is 0. The molecule has 0 amide bonds. The molecular formula is C10H6ClF3N4S. The number of alkyl halides is 3. The minimum absolute atomic E-state index is 0.245. The van der Waals surface area contributed by atoms with Crippen LogP contribution in [0.1, 0.15) is 11.4 Å². The van der Waals surface area contributed by atoms with Crippen LogP contribution in [0.5, 0.6) is 0 Å². The molecule has 0 radical (unpaired) electrons. The predicted octanol–water partition coefficient (Wildman–Crippen LogP) is 3.50. The van der Waals surface area contributed by atoms with E-state index in [9.17, 15) is 13.2 Å². The molecule has 0 aliphatic rings. The molecule has 100 valence electrons. The number of hydrogen-bond acceptors (Lipinski definition) is 3. The zero-order valence-corrected chi connectivity index (χ0v) is 10.7. The van der Waals surface area contributed by atoms with Crippen molar-refractivity contribution in [1.29, 1.82) is 0 Å². The first-order chi connectivity index (χ1) is 8.88. The molecule has 0 unspecified atom stereocenters. The SMILES string of the molecule is FC(F)(F)c1n[nH]c(=S)n1/N=C\c1cccc(Cl)c1. The summed E-state index contributed by atoms with van der Waals surface area (Å²) in [6, 6.07) is 6.50. The van der Waals surface area contributed by atoms with Crippen molar-refractivity contribution in [3.8, 4) is 0 Å². The predicted molar refractivity (Wildman–Crippen MR) is 66.9 cm³/mol. The summed E-state index contributed by atoms with van der Waals surface area (Å²) in [5.74, 6) is -1.21. The molecule has 0 aliphatic heterocycles. The average molecular weight is 307 g/mol. The second-order valence-corrected chi connectivity index (χ2v) is 4.28. The van der Waals surface area contributed by atoms with Crippen LogP contribution in [-0.4, -0.2) is 21.1 Å². The van der Waals surface area contributed by atoms with Crippen molar-refractivity contribution < 1.29 is 13.2 Å². The number of nitrogens with one attached hydrogen (secondary N) is 1. The molecule has 1 aromatic carbocycles. The Bertz CT molecular complexity index is 674. The van der Waals surface area contributed by atoms with Crippen LogP contribution in [0.3, 0.4) is 0 Å². The van der Waals surface area contributed by atoms with Gasteiger partial charge >= 0.3 is 6.18 Å². The van der Waals surface area contributed by atoms with Crippen LogP contribution < -0.4 is 0 Å². The van der Waals surface area contributed by atoms with Crippen LogP contribution in [0.25, 0.3) is 0 Å². The fraction of sp³-hybridized carbons (Fsp3) is 0.100. The van der Waals surface area contributed by atoms with Gasteiger partial charge in [-0.05, 0) is 29.9 Å². The van der Waals surface area contributed by atoms with E-state index in [1.54, 1.807) is 24.3 Å². The number of aromatic nitrogens is 3. The van der Waals surface area contributed by atoms with Crippen molar-refractivity contribution in [3.05, 3.63) is 45.4 Å². The van der Waals surface area contributed by atoms with Crippen LogP contribution in [-0.2, 0) is 6.18 Å². The summed E-state index contributed by atoms with van der Waals surface area (Å²) in [5.41, 5.74) is 0.545. The summed E-state index contributed by atoms with van der Waals surface area (Å²) in [6.07, 6.45) is -3.42. The lowest BCUT2D eigenvalue weighted by atomic mass is 10.2. The van der Waals surface area contributed by atoms with E-state index in [2.05, 4.69) is 27.5 Å². The van der Waals surface area contributed by atoms with Crippen LogP contribution in [0.2, 0.25) is 5.02 Å². The average Bonchev–Trinajstić information content (AvgIpc) is 2.68. The molecule has 0 atom stereocenters. The first-order valence-corrected chi connectivity index (χ1v) is 5.71. The van der Waals surface area contributed by atoms with E-state index in [1.807, 2.05) is 0 Å². The maximum absolute atomic E-state index is 12.6. The van der Waals surface area contributed by atoms with Crippen molar-refractivity contribution in [2.45, 2.75) is 6.18 Å². The molecular weight excluding hydrogens is 301 g/mol. The molecule has 0 saturated carbocycles. The van der Waals surface area contributed by atoms with Crippen LogP contribution >= 0.6 is 23.8 Å². The third-order valence-corrected chi connectivity index (χ3v) is 2.57. The van der Waals surface area contributed by atoms with E-state index in [0.29, 0.717) is 15.3 Å². The number of rotatable bonds is 2. The monoisotopic (exact) mass is 306 g/mol. The molecule has 2 rings (SSSR count). The standard InChI is InChI=1S/C10H6ClF3N4S/c11-7-3-1-2-6(4-7)5-15-18-8(10(12,13)14)16-17-9(18)19/h1-5H,(H,17,19)/b15-5-. The Balaban J connectivity index is 2.39. The number of H-pyrrole nitrogens is 1. The van der Waals surface area contributed by atoms with E-state index < -0.39 is 12.0 Å². The van der Waals surface area contributed by atoms with Gasteiger partial charge in [0, 0.05) is 5.02 Å². The summed E-state index contributed by atoms with van der Waals surface area (Å²) >= 11 is 10.4. The Morgan fingerprint density at radius 2 is 2.16 bits per heavy atom. The molecule has 0 bridgehead atoms. The highest BCUT2D eigenvalue weighted by Crippen LogP contribution is 2.27. The number of nitrogens with zero attached hydrogens (tertiary/aromatic N) is 3. The topological polar surface area (TPSA) is 46.0 Å². The van der Waals surface area contributed by atoms with Crippen molar-refractivity contribution >= 4 is 30.0 Å². The summed E-state index contributed by atoms with van der Waals surface area (Å²) in [7, 11) is 0. The zero-order valence-electron chi connectivity index (χ0n) is 9.15. The highest BCUT2D eigenvalue weighted by Gasteiger charge is 2.37. The number of halogens is 4. The largest absolute Gasteiger partial charge is 0.453 e. The minimum Gasteiger partial charge on any atom is -0.250 e. The highest BCUT2D eigenvalue weighted by molar-refractivity contribution is 7.71. The van der Waals surface area contributed by atoms with Crippen molar-refractivity contribution in [2.75, 3.05) is 0 Å². The van der Waals surface area contributed by atoms with Crippen LogP contribution in [0, 0.1) is 4.77 Å². The maximum Gasteiger partial charge on any atom is 0.453 e. The highest BCUT2D eigenvalue weighted by atomic mass is 35.5. The van der Waals surface area contributed by atoms with Gasteiger partial charge in [-0.3, -0.25) is 0 Å². The molecule has 2 aromatic rings. The van der Waals surface area contributed by atoms with Crippen molar-refractivity contribution in [2.24, 2.45) is 5.10 Å². The second kappa shape index (κ2) is 5.14. The van der Waals surface area contributed by atoms with Gasteiger partial charge in [0.1, 0.15) is 0 Å². The van der Waals surface area contributed by atoms with Gasteiger partial charge in [-0.1, -0.05) is 23.7 Å². The first-order valence-electron chi connectivity index (χ1n) is 4.92. The van der Waals surface area contributed by atoms with Gasteiger partial charge in [0.25, 0.3) is 5.82 Å². The van der Waals surface area contributed by atoms with E-state index in [1.165, 1.54) is 6.21 Å². The van der Waals surface area contributed by atoms with Crippen molar-refractivity contribution in [3.63, 3.8) is 0 Å². The van der Waals surface area contributed by atoms with Gasteiger partial charge < -0.3 is 0 Å². The fourth-order valence-electron chi connectivity index (χ4n) is 1.29. The summed E-state index contributed by atoms with van der Waals surface area (Å²) < 4.78 is 38.1. The van der Waals surface area contributed by atoms with Gasteiger partial charge in [-0.15, -0.1) is 5.10 Å². The lowest BCUT2D eigenvalue weighted by Gasteiger charge is -2.03. The first kappa shape index (κ1) is 13.8. The second-order valence-electron chi connectivity index (χ2n) is 3.46. The van der Waals surface area contributed by atoms with E-state index in [0.717, 1.165) is 0 Å². The maximum atomic E-state index is 12.6. The van der Waals surface area contributed by atoms with Crippen LogP contribution in [0.15, 0.2) is 29.4 Å². The van der Waals surface area contributed by atoms with E-state index in [-0.39, 0.29) is 4.77 Å². The van der Waals surface area contributed by atoms with Gasteiger partial charge in [-0.25, -0.2) is 5.10 Å². The van der Waals surface area contributed by atoms with E-state index in [4.69, 9.17) is 11.6 Å². The Morgan fingerprint density at radius 3 is 2.79 bits per heavy atom. The Hall–Kier alpha value is -1.67. The molecule has 4 nitrogen and oxygen atoms in total. The Labute approximate surface area is 115 Å². The Morgan fingerprint density at radius 1 is 1.42 bits per heavy atom. The number of benzene rings is 1. The van der Waals surface area contributed by atoms with E-state index >= 15 is 0 Å². The van der Waals surface area contributed by atoms with Gasteiger partial charge in [0.2, 0.25) is 4.77 Å². The Kier molecular flexibility index (Phi) is 3.72. The molecule has 19 heavy (non-hydrogen) atoms. The minimum atomic E-state index is -4.64. The quantitative estimate of drug-likeness (QED) is 0.682.